The molecular formula is C16H19BrN2O3S. The van der Waals surface area contributed by atoms with Gasteiger partial charge < -0.3 is 9.88 Å². The summed E-state index contributed by atoms with van der Waals surface area (Å²) in [6, 6.07) is 9.59. The summed E-state index contributed by atoms with van der Waals surface area (Å²) in [4.78, 5) is 12.3. The lowest BCUT2D eigenvalue weighted by atomic mass is 10.2. The molecule has 124 valence electrons. The number of sulfone groups is 1. The van der Waals surface area contributed by atoms with Crippen molar-refractivity contribution < 1.29 is 13.2 Å². The zero-order valence-electron chi connectivity index (χ0n) is 13.3. The second-order valence-corrected chi connectivity index (χ2v) is 8.57. The Bertz CT molecular complexity index is 841. The molecule has 0 radical (unpaired) electrons. The zero-order chi connectivity index (χ0) is 17.2. The molecule has 0 aliphatic carbocycles. The highest BCUT2D eigenvalue weighted by Crippen LogP contribution is 2.26. The lowest BCUT2D eigenvalue weighted by Gasteiger charge is -2.12. The van der Waals surface area contributed by atoms with Crippen LogP contribution in [0.4, 0.5) is 0 Å². The van der Waals surface area contributed by atoms with Crippen molar-refractivity contribution in [2.24, 2.45) is 0 Å². The third kappa shape index (κ3) is 4.23. The van der Waals surface area contributed by atoms with Crippen LogP contribution >= 0.6 is 15.9 Å². The van der Waals surface area contributed by atoms with E-state index in [9.17, 15) is 13.2 Å². The number of aryl methyl sites for hydroxylation is 1. The molecule has 5 nitrogen and oxygen atoms in total. The van der Waals surface area contributed by atoms with Gasteiger partial charge in [0.05, 0.1) is 17.0 Å². The van der Waals surface area contributed by atoms with Crippen LogP contribution in [0.2, 0.25) is 0 Å². The fourth-order valence-electron chi connectivity index (χ4n) is 2.44. The van der Waals surface area contributed by atoms with Gasteiger partial charge in [0.1, 0.15) is 9.84 Å². The van der Waals surface area contributed by atoms with E-state index in [0.717, 1.165) is 27.8 Å². The number of carbonyl (C=O) groups is 1. The number of halogens is 1. The summed E-state index contributed by atoms with van der Waals surface area (Å²) < 4.78 is 25.2. The molecule has 0 atom stereocenters. The van der Waals surface area contributed by atoms with Crippen molar-refractivity contribution in [3.05, 3.63) is 51.8 Å². The van der Waals surface area contributed by atoms with Crippen LogP contribution in [0.1, 0.15) is 21.7 Å². The van der Waals surface area contributed by atoms with Crippen molar-refractivity contribution in [1.82, 2.24) is 9.88 Å². The standard InChI is InChI=1S/C16H19BrN2O3S/c1-11-10-13(16(20)18-8-9-23(3,21)22)12(2)19(11)15-7-5-4-6-14(15)17/h4-7,10H,8-9H2,1-3H3,(H,18,20). The number of rotatable bonds is 5. The molecule has 1 heterocycles. The highest BCUT2D eigenvalue weighted by atomic mass is 79.9. The first-order valence-electron chi connectivity index (χ1n) is 7.10. The first-order valence-corrected chi connectivity index (χ1v) is 9.96. The number of amides is 1. The Morgan fingerprint density at radius 3 is 2.52 bits per heavy atom. The minimum absolute atomic E-state index is 0.0677. The number of benzene rings is 1. The minimum atomic E-state index is -3.09. The maximum atomic E-state index is 12.3. The summed E-state index contributed by atoms with van der Waals surface area (Å²) in [6.07, 6.45) is 1.15. The molecule has 1 aromatic carbocycles. The Hall–Kier alpha value is -1.60. The van der Waals surface area contributed by atoms with Gasteiger partial charge >= 0.3 is 0 Å². The predicted octanol–water partition coefficient (Wildman–Crippen LogP) is 2.63. The fourth-order valence-corrected chi connectivity index (χ4v) is 3.38. The van der Waals surface area contributed by atoms with Crippen LogP contribution in [0.3, 0.4) is 0 Å². The molecule has 0 unspecified atom stereocenters. The van der Waals surface area contributed by atoms with Gasteiger partial charge in [0.2, 0.25) is 0 Å². The molecule has 23 heavy (non-hydrogen) atoms. The largest absolute Gasteiger partial charge is 0.351 e. The fraction of sp³-hybridized carbons (Fsp3) is 0.312. The second kappa shape index (κ2) is 6.88. The average Bonchev–Trinajstić information content (AvgIpc) is 2.73. The van der Waals surface area contributed by atoms with Gasteiger partial charge in [-0.25, -0.2) is 8.42 Å². The number of carbonyl (C=O) groups excluding carboxylic acids is 1. The van der Waals surface area contributed by atoms with E-state index < -0.39 is 9.84 Å². The molecule has 2 rings (SSSR count). The van der Waals surface area contributed by atoms with Crippen LogP contribution in [0.15, 0.2) is 34.8 Å². The number of nitrogens with one attached hydrogen (secondary N) is 1. The summed E-state index contributed by atoms with van der Waals surface area (Å²) in [5, 5.41) is 2.66. The molecule has 0 spiro atoms. The quantitative estimate of drug-likeness (QED) is 0.841. The van der Waals surface area contributed by atoms with Gasteiger partial charge in [-0.15, -0.1) is 0 Å². The van der Waals surface area contributed by atoms with Gasteiger partial charge in [-0.2, -0.15) is 0 Å². The lowest BCUT2D eigenvalue weighted by molar-refractivity contribution is 0.0955. The Kier molecular flexibility index (Phi) is 5.31. The third-order valence-electron chi connectivity index (χ3n) is 3.53. The Morgan fingerprint density at radius 1 is 1.26 bits per heavy atom. The van der Waals surface area contributed by atoms with E-state index in [1.165, 1.54) is 0 Å². The molecule has 0 saturated carbocycles. The van der Waals surface area contributed by atoms with E-state index in [0.29, 0.717) is 5.56 Å². The summed E-state index contributed by atoms with van der Waals surface area (Å²) in [5.41, 5.74) is 3.25. The normalized spacial score (nSPS) is 11.5. The van der Waals surface area contributed by atoms with Crippen LogP contribution in [0.25, 0.3) is 5.69 Å². The lowest BCUT2D eigenvalue weighted by Crippen LogP contribution is -2.29. The van der Waals surface area contributed by atoms with Crippen molar-refractivity contribution in [1.29, 1.82) is 0 Å². The molecule has 0 fully saturated rings. The van der Waals surface area contributed by atoms with E-state index >= 15 is 0 Å². The molecule has 1 N–H and O–H groups in total. The SMILES string of the molecule is Cc1cc(C(=O)NCCS(C)(=O)=O)c(C)n1-c1ccccc1Br. The summed E-state index contributed by atoms with van der Waals surface area (Å²) in [5.74, 6) is -0.332. The average molecular weight is 399 g/mol. The van der Waals surface area contributed by atoms with E-state index in [4.69, 9.17) is 0 Å². The van der Waals surface area contributed by atoms with Gasteiger partial charge in [-0.3, -0.25) is 4.79 Å². The minimum Gasteiger partial charge on any atom is -0.351 e. The van der Waals surface area contributed by atoms with Crippen molar-refractivity contribution >= 4 is 31.7 Å². The van der Waals surface area contributed by atoms with Crippen molar-refractivity contribution in [2.75, 3.05) is 18.6 Å². The smallest absolute Gasteiger partial charge is 0.253 e. The van der Waals surface area contributed by atoms with Gasteiger partial charge in [-0.1, -0.05) is 12.1 Å². The van der Waals surface area contributed by atoms with Crippen molar-refractivity contribution in [2.45, 2.75) is 13.8 Å². The zero-order valence-corrected chi connectivity index (χ0v) is 15.7. The van der Waals surface area contributed by atoms with Gasteiger partial charge in [0.25, 0.3) is 5.91 Å². The highest BCUT2D eigenvalue weighted by Gasteiger charge is 2.17. The molecule has 2 aromatic rings. The van der Waals surface area contributed by atoms with Crippen LogP contribution in [0.5, 0.6) is 0 Å². The molecule has 0 saturated heterocycles. The maximum absolute atomic E-state index is 12.3. The third-order valence-corrected chi connectivity index (χ3v) is 5.14. The number of hydrogen-bond acceptors (Lipinski definition) is 3. The van der Waals surface area contributed by atoms with Crippen LogP contribution in [-0.4, -0.2) is 37.4 Å². The van der Waals surface area contributed by atoms with Gasteiger partial charge in [0.15, 0.2) is 0 Å². The molecular weight excluding hydrogens is 380 g/mol. The molecule has 0 aliphatic heterocycles. The van der Waals surface area contributed by atoms with Crippen LogP contribution < -0.4 is 5.32 Å². The molecule has 0 aliphatic rings. The highest BCUT2D eigenvalue weighted by molar-refractivity contribution is 9.10. The second-order valence-electron chi connectivity index (χ2n) is 5.46. The molecule has 7 heteroatoms. The predicted molar refractivity (Wildman–Crippen MR) is 95.0 cm³/mol. The summed E-state index contributed by atoms with van der Waals surface area (Å²) in [7, 11) is -3.09. The van der Waals surface area contributed by atoms with E-state index in [1.54, 1.807) is 0 Å². The topological polar surface area (TPSA) is 68.2 Å². The number of nitrogens with zero attached hydrogens (tertiary/aromatic N) is 1. The monoisotopic (exact) mass is 398 g/mol. The van der Waals surface area contributed by atoms with E-state index in [2.05, 4.69) is 21.2 Å². The van der Waals surface area contributed by atoms with Gasteiger partial charge in [0, 0.05) is 28.7 Å². The van der Waals surface area contributed by atoms with E-state index in [1.807, 2.05) is 48.7 Å². The molecule has 1 amide bonds. The van der Waals surface area contributed by atoms with Crippen LogP contribution in [-0.2, 0) is 9.84 Å². The van der Waals surface area contributed by atoms with E-state index in [-0.39, 0.29) is 18.2 Å². The van der Waals surface area contributed by atoms with Crippen LogP contribution in [0, 0.1) is 13.8 Å². The summed E-state index contributed by atoms with van der Waals surface area (Å²) >= 11 is 3.52. The molecule has 1 aromatic heterocycles. The Labute approximate surface area is 144 Å². The van der Waals surface area contributed by atoms with Crippen molar-refractivity contribution in [3.63, 3.8) is 0 Å². The first kappa shape index (κ1) is 17.7. The maximum Gasteiger partial charge on any atom is 0.253 e. The Balaban J connectivity index is 2.28. The number of para-hydroxylation sites is 1. The van der Waals surface area contributed by atoms with Crippen molar-refractivity contribution in [3.8, 4) is 5.69 Å². The number of aromatic nitrogens is 1. The molecule has 0 bridgehead atoms. The first-order chi connectivity index (χ1) is 10.7. The Morgan fingerprint density at radius 2 is 1.91 bits per heavy atom. The number of hydrogen-bond donors (Lipinski definition) is 1. The van der Waals surface area contributed by atoms with Gasteiger partial charge in [-0.05, 0) is 48.0 Å². The summed E-state index contributed by atoms with van der Waals surface area (Å²) in [6.45, 7) is 3.91.